The predicted octanol–water partition coefficient (Wildman–Crippen LogP) is 1.59. The van der Waals surface area contributed by atoms with Crippen molar-refractivity contribution in [1.82, 2.24) is 19.6 Å². The van der Waals surface area contributed by atoms with Crippen molar-refractivity contribution < 1.29 is 9.90 Å². The van der Waals surface area contributed by atoms with Gasteiger partial charge >= 0.3 is 0 Å². The lowest BCUT2D eigenvalue weighted by Gasteiger charge is -2.21. The standard InChI is InChI=1S/C20H29N5O2/c1-22(2)14-19(26)18-12-17-13-24(9-6-10-25(17)21-18)20(27)15-7-5-8-16(11-15)23(3)4/h5,7-8,11-12,19,26H,6,9-10,13-14H2,1-4H3/t19-/m0/s1. The van der Waals surface area contributed by atoms with E-state index in [0.29, 0.717) is 30.9 Å². The Morgan fingerprint density at radius 3 is 2.70 bits per heavy atom. The molecular weight excluding hydrogens is 342 g/mol. The summed E-state index contributed by atoms with van der Waals surface area (Å²) in [5.41, 5.74) is 3.34. The Kier molecular flexibility index (Phi) is 5.82. The molecule has 2 aromatic rings. The number of amides is 1. The van der Waals surface area contributed by atoms with Crippen LogP contribution in [0.1, 0.15) is 34.3 Å². The van der Waals surface area contributed by atoms with E-state index in [1.807, 2.05) is 77.9 Å². The van der Waals surface area contributed by atoms with Gasteiger partial charge in [0.25, 0.3) is 5.91 Å². The van der Waals surface area contributed by atoms with Crippen LogP contribution >= 0.6 is 0 Å². The number of likely N-dealkylation sites (N-methyl/N-ethyl adjacent to an activating group) is 1. The average molecular weight is 371 g/mol. The van der Waals surface area contributed by atoms with Gasteiger partial charge in [-0.05, 0) is 44.8 Å². The van der Waals surface area contributed by atoms with Gasteiger partial charge in [-0.1, -0.05) is 6.07 Å². The summed E-state index contributed by atoms with van der Waals surface area (Å²) in [6, 6.07) is 9.63. The minimum atomic E-state index is -0.625. The molecule has 0 unspecified atom stereocenters. The van der Waals surface area contributed by atoms with Crippen LogP contribution in [0.3, 0.4) is 0 Å². The van der Waals surface area contributed by atoms with Gasteiger partial charge in [0.1, 0.15) is 6.10 Å². The fraction of sp³-hybridized carbons (Fsp3) is 0.500. The maximum atomic E-state index is 13.0. The van der Waals surface area contributed by atoms with Gasteiger partial charge in [0.05, 0.1) is 17.9 Å². The Bertz CT molecular complexity index is 799. The lowest BCUT2D eigenvalue weighted by molar-refractivity contribution is 0.0746. The fourth-order valence-electron chi connectivity index (χ4n) is 3.36. The van der Waals surface area contributed by atoms with Gasteiger partial charge in [-0.25, -0.2) is 0 Å². The molecule has 1 atom stereocenters. The zero-order valence-corrected chi connectivity index (χ0v) is 16.6. The molecule has 1 amide bonds. The van der Waals surface area contributed by atoms with Gasteiger partial charge < -0.3 is 19.8 Å². The second kappa shape index (κ2) is 8.10. The fourth-order valence-corrected chi connectivity index (χ4v) is 3.36. The molecule has 0 saturated heterocycles. The zero-order chi connectivity index (χ0) is 19.6. The number of aliphatic hydroxyl groups excluding tert-OH is 1. The molecule has 7 nitrogen and oxygen atoms in total. The third-order valence-corrected chi connectivity index (χ3v) is 4.81. The summed E-state index contributed by atoms with van der Waals surface area (Å²) < 4.78 is 1.93. The number of aryl methyl sites for hydroxylation is 1. The second-order valence-corrected chi connectivity index (χ2v) is 7.59. The molecule has 0 aliphatic carbocycles. The maximum Gasteiger partial charge on any atom is 0.254 e. The topological polar surface area (TPSA) is 64.8 Å². The van der Waals surface area contributed by atoms with Crippen LogP contribution in [0.5, 0.6) is 0 Å². The molecule has 1 aliphatic rings. The highest BCUT2D eigenvalue weighted by Crippen LogP contribution is 2.21. The van der Waals surface area contributed by atoms with E-state index in [4.69, 9.17) is 0 Å². The van der Waals surface area contributed by atoms with Crippen molar-refractivity contribution in [3.05, 3.63) is 47.3 Å². The van der Waals surface area contributed by atoms with E-state index in [1.54, 1.807) is 0 Å². The molecular formula is C20H29N5O2. The number of carbonyl (C=O) groups is 1. The Morgan fingerprint density at radius 1 is 1.22 bits per heavy atom. The van der Waals surface area contributed by atoms with Gasteiger partial charge in [0, 0.05) is 45.0 Å². The van der Waals surface area contributed by atoms with E-state index >= 15 is 0 Å². The van der Waals surface area contributed by atoms with Crippen molar-refractivity contribution in [1.29, 1.82) is 0 Å². The molecule has 146 valence electrons. The minimum absolute atomic E-state index is 0.0312. The van der Waals surface area contributed by atoms with Crippen LogP contribution < -0.4 is 4.90 Å². The Labute approximate surface area is 160 Å². The molecule has 0 fully saturated rings. The third kappa shape index (κ3) is 4.48. The first-order valence-electron chi connectivity index (χ1n) is 9.31. The number of aliphatic hydroxyl groups is 1. The lowest BCUT2D eigenvalue weighted by atomic mass is 10.1. The van der Waals surface area contributed by atoms with Crippen LogP contribution in [0.4, 0.5) is 5.69 Å². The van der Waals surface area contributed by atoms with E-state index in [0.717, 1.165) is 24.3 Å². The monoisotopic (exact) mass is 371 g/mol. The van der Waals surface area contributed by atoms with E-state index in [2.05, 4.69) is 5.10 Å². The number of nitrogens with zero attached hydrogens (tertiary/aromatic N) is 5. The van der Waals surface area contributed by atoms with Crippen LogP contribution in [0.15, 0.2) is 30.3 Å². The summed E-state index contributed by atoms with van der Waals surface area (Å²) in [6.45, 7) is 2.48. The number of carbonyl (C=O) groups excluding carboxylic acids is 1. The van der Waals surface area contributed by atoms with Crippen LogP contribution in [0.25, 0.3) is 0 Å². The summed E-state index contributed by atoms with van der Waals surface area (Å²) in [5, 5.41) is 14.9. The third-order valence-electron chi connectivity index (χ3n) is 4.81. The number of hydrogen-bond donors (Lipinski definition) is 1. The molecule has 0 bridgehead atoms. The molecule has 27 heavy (non-hydrogen) atoms. The summed E-state index contributed by atoms with van der Waals surface area (Å²) in [6.07, 6.45) is 0.220. The highest BCUT2D eigenvalue weighted by atomic mass is 16.3. The smallest absolute Gasteiger partial charge is 0.254 e. The summed E-state index contributed by atoms with van der Waals surface area (Å²) >= 11 is 0. The van der Waals surface area contributed by atoms with Gasteiger partial charge in [-0.2, -0.15) is 5.10 Å². The first kappa shape index (κ1) is 19.4. The van der Waals surface area contributed by atoms with Crippen LogP contribution in [-0.2, 0) is 13.1 Å². The Morgan fingerprint density at radius 2 is 2.00 bits per heavy atom. The number of benzene rings is 1. The van der Waals surface area contributed by atoms with E-state index in [-0.39, 0.29) is 5.91 Å². The largest absolute Gasteiger partial charge is 0.385 e. The quantitative estimate of drug-likeness (QED) is 0.865. The Hall–Kier alpha value is -2.38. The molecule has 0 spiro atoms. The van der Waals surface area contributed by atoms with Crippen molar-refractivity contribution in [2.45, 2.75) is 25.6 Å². The first-order chi connectivity index (χ1) is 12.8. The maximum absolute atomic E-state index is 13.0. The van der Waals surface area contributed by atoms with Crippen LogP contribution in [0.2, 0.25) is 0 Å². The van der Waals surface area contributed by atoms with Gasteiger partial charge in [-0.15, -0.1) is 0 Å². The van der Waals surface area contributed by atoms with E-state index < -0.39 is 6.10 Å². The first-order valence-corrected chi connectivity index (χ1v) is 9.31. The SMILES string of the molecule is CN(C)C[C@H](O)c1cc2n(n1)CCCN(C(=O)c1cccc(N(C)C)c1)C2. The van der Waals surface area contributed by atoms with Crippen molar-refractivity contribution in [2.24, 2.45) is 0 Å². The lowest BCUT2D eigenvalue weighted by Crippen LogP contribution is -2.30. The molecule has 1 aliphatic heterocycles. The molecule has 7 heteroatoms. The number of aromatic nitrogens is 2. The van der Waals surface area contributed by atoms with Gasteiger partial charge in [0.2, 0.25) is 0 Å². The average Bonchev–Trinajstić information content (AvgIpc) is 2.92. The summed E-state index contributed by atoms with van der Waals surface area (Å²) in [7, 11) is 7.78. The van der Waals surface area contributed by atoms with Crippen molar-refractivity contribution in [3.63, 3.8) is 0 Å². The minimum Gasteiger partial charge on any atom is -0.385 e. The van der Waals surface area contributed by atoms with Crippen molar-refractivity contribution in [3.8, 4) is 0 Å². The molecule has 0 radical (unpaired) electrons. The molecule has 2 heterocycles. The molecule has 1 N–H and O–H groups in total. The van der Waals surface area contributed by atoms with Crippen LogP contribution in [0, 0.1) is 0 Å². The normalized spacial score (nSPS) is 15.4. The number of rotatable bonds is 5. The number of hydrogen-bond acceptors (Lipinski definition) is 5. The summed E-state index contributed by atoms with van der Waals surface area (Å²) in [5.74, 6) is 0.0312. The van der Waals surface area contributed by atoms with Crippen molar-refractivity contribution >= 4 is 11.6 Å². The number of anilines is 1. The highest BCUT2D eigenvalue weighted by Gasteiger charge is 2.23. The van der Waals surface area contributed by atoms with Gasteiger partial charge in [0.15, 0.2) is 0 Å². The highest BCUT2D eigenvalue weighted by molar-refractivity contribution is 5.95. The van der Waals surface area contributed by atoms with E-state index in [1.165, 1.54) is 0 Å². The molecule has 3 rings (SSSR count). The Balaban J connectivity index is 1.79. The van der Waals surface area contributed by atoms with Crippen LogP contribution in [-0.4, -0.2) is 71.9 Å². The molecule has 1 aromatic carbocycles. The summed E-state index contributed by atoms with van der Waals surface area (Å²) in [4.78, 5) is 18.8. The molecule has 0 saturated carbocycles. The van der Waals surface area contributed by atoms with Crippen molar-refractivity contribution in [2.75, 3.05) is 46.2 Å². The zero-order valence-electron chi connectivity index (χ0n) is 16.6. The second-order valence-electron chi connectivity index (χ2n) is 7.59. The predicted molar refractivity (Wildman–Crippen MR) is 106 cm³/mol. The van der Waals surface area contributed by atoms with Gasteiger partial charge in [-0.3, -0.25) is 9.48 Å². The van der Waals surface area contributed by atoms with E-state index in [9.17, 15) is 9.90 Å². The molecule has 1 aromatic heterocycles. The number of fused-ring (bicyclic) bond motifs is 1.